The molecule has 0 bridgehead atoms. The third-order valence-electron chi connectivity index (χ3n) is 2.56. The highest BCUT2D eigenvalue weighted by Gasteiger charge is 2.10. The number of para-hydroxylation sites is 1. The van der Waals surface area contributed by atoms with Crippen molar-refractivity contribution in [2.24, 2.45) is 0 Å². The van der Waals surface area contributed by atoms with Crippen molar-refractivity contribution in [1.29, 1.82) is 0 Å². The molecule has 1 amide bonds. The first-order chi connectivity index (χ1) is 9.56. The van der Waals surface area contributed by atoms with Crippen LogP contribution >= 0.6 is 0 Å². The molecule has 0 aliphatic heterocycles. The summed E-state index contributed by atoms with van der Waals surface area (Å²) in [7, 11) is 0. The quantitative estimate of drug-likeness (QED) is 0.786. The summed E-state index contributed by atoms with van der Waals surface area (Å²) in [6, 6.07) is 9.26. The molecule has 0 atom stereocenters. The second kappa shape index (κ2) is 5.83. The molecule has 2 rings (SSSR count). The van der Waals surface area contributed by atoms with Gasteiger partial charge in [-0.2, -0.15) is 0 Å². The monoisotopic (exact) mass is 272 g/mol. The van der Waals surface area contributed by atoms with Crippen LogP contribution < -0.4 is 5.32 Å². The molecule has 0 unspecified atom stereocenters. The van der Waals surface area contributed by atoms with E-state index in [1.54, 1.807) is 18.2 Å². The molecule has 3 N–H and O–H groups in total. The molecule has 6 nitrogen and oxygen atoms in total. The van der Waals surface area contributed by atoms with Gasteiger partial charge in [-0.3, -0.25) is 14.6 Å². The fourth-order valence-electron chi connectivity index (χ4n) is 1.62. The van der Waals surface area contributed by atoms with Gasteiger partial charge in [-0.25, -0.2) is 0 Å². The topological polar surface area (TPSA) is 99.5 Å². The van der Waals surface area contributed by atoms with Crippen molar-refractivity contribution in [3.8, 4) is 5.75 Å². The molecule has 0 aliphatic rings. The lowest BCUT2D eigenvalue weighted by atomic mass is 10.2. The summed E-state index contributed by atoms with van der Waals surface area (Å²) < 4.78 is 0. The number of amides is 1. The van der Waals surface area contributed by atoms with Crippen LogP contribution in [0.15, 0.2) is 42.6 Å². The number of rotatable bonds is 4. The van der Waals surface area contributed by atoms with Gasteiger partial charge in [0, 0.05) is 0 Å². The smallest absolute Gasteiger partial charge is 0.309 e. The number of anilines is 1. The highest BCUT2D eigenvalue weighted by Crippen LogP contribution is 2.17. The van der Waals surface area contributed by atoms with Crippen LogP contribution in [-0.4, -0.2) is 27.1 Å². The van der Waals surface area contributed by atoms with Crippen LogP contribution in [0.3, 0.4) is 0 Å². The number of carbonyl (C=O) groups is 2. The number of phenols is 1. The number of aromatic hydroxyl groups is 1. The molecule has 0 fully saturated rings. The molecule has 0 saturated heterocycles. The highest BCUT2D eigenvalue weighted by atomic mass is 16.4. The Bertz CT molecular complexity index is 638. The highest BCUT2D eigenvalue weighted by molar-refractivity contribution is 6.06. The van der Waals surface area contributed by atoms with E-state index in [0.29, 0.717) is 11.4 Å². The summed E-state index contributed by atoms with van der Waals surface area (Å²) in [6.07, 6.45) is 1.20. The molecule has 1 heterocycles. The van der Waals surface area contributed by atoms with Gasteiger partial charge >= 0.3 is 5.97 Å². The standard InChI is InChI=1S/C14H12N2O4/c17-12-4-2-1-3-11(12)14(20)16-10-6-5-9(15-8-10)7-13(18)19/h1-6,8,17H,7H2,(H,16,20)(H,18,19). The maximum atomic E-state index is 11.9. The minimum Gasteiger partial charge on any atom is -0.507 e. The Labute approximate surface area is 114 Å². The average molecular weight is 272 g/mol. The SMILES string of the molecule is O=C(O)Cc1ccc(NC(=O)c2ccccc2O)cn1. The normalized spacial score (nSPS) is 10.0. The Morgan fingerprint density at radius 1 is 1.15 bits per heavy atom. The number of carbonyl (C=O) groups excluding carboxylic acids is 1. The maximum Gasteiger partial charge on any atom is 0.309 e. The summed E-state index contributed by atoms with van der Waals surface area (Å²) in [5.74, 6) is -1.54. The lowest BCUT2D eigenvalue weighted by Gasteiger charge is -2.06. The summed E-state index contributed by atoms with van der Waals surface area (Å²) in [5, 5.41) is 20.8. The van der Waals surface area contributed by atoms with Crippen LogP contribution in [0.25, 0.3) is 0 Å². The van der Waals surface area contributed by atoms with Crippen molar-refractivity contribution in [3.63, 3.8) is 0 Å². The number of hydrogen-bond acceptors (Lipinski definition) is 4. The number of phenolic OH excluding ortho intramolecular Hbond substituents is 1. The van der Waals surface area contributed by atoms with Gasteiger partial charge in [-0.1, -0.05) is 12.1 Å². The zero-order valence-corrected chi connectivity index (χ0v) is 10.4. The van der Waals surface area contributed by atoms with Gasteiger partial charge in [0.05, 0.1) is 29.6 Å². The van der Waals surface area contributed by atoms with Gasteiger partial charge in [-0.15, -0.1) is 0 Å². The van der Waals surface area contributed by atoms with Crippen molar-refractivity contribution < 1.29 is 19.8 Å². The average Bonchev–Trinajstić information content (AvgIpc) is 2.41. The molecular formula is C14H12N2O4. The van der Waals surface area contributed by atoms with Crippen molar-refractivity contribution in [3.05, 3.63) is 53.9 Å². The van der Waals surface area contributed by atoms with E-state index in [9.17, 15) is 14.7 Å². The lowest BCUT2D eigenvalue weighted by Crippen LogP contribution is -2.12. The lowest BCUT2D eigenvalue weighted by molar-refractivity contribution is -0.136. The Balaban J connectivity index is 2.09. The minimum atomic E-state index is -0.969. The molecule has 102 valence electrons. The first kappa shape index (κ1) is 13.5. The second-order valence-corrected chi connectivity index (χ2v) is 4.08. The van der Waals surface area contributed by atoms with Gasteiger partial charge in [0.1, 0.15) is 5.75 Å². The Morgan fingerprint density at radius 3 is 2.50 bits per heavy atom. The van der Waals surface area contributed by atoms with E-state index in [-0.39, 0.29) is 17.7 Å². The van der Waals surface area contributed by atoms with E-state index < -0.39 is 11.9 Å². The zero-order valence-electron chi connectivity index (χ0n) is 10.4. The zero-order chi connectivity index (χ0) is 14.5. The number of nitrogens with zero attached hydrogens (tertiary/aromatic N) is 1. The number of benzene rings is 1. The van der Waals surface area contributed by atoms with Gasteiger partial charge in [0.15, 0.2) is 0 Å². The molecular weight excluding hydrogens is 260 g/mol. The van der Waals surface area contributed by atoms with Crippen molar-refractivity contribution >= 4 is 17.6 Å². The van der Waals surface area contributed by atoms with Crippen molar-refractivity contribution in [1.82, 2.24) is 4.98 Å². The molecule has 0 radical (unpaired) electrons. The van der Waals surface area contributed by atoms with Crippen LogP contribution in [-0.2, 0) is 11.2 Å². The molecule has 0 aliphatic carbocycles. The van der Waals surface area contributed by atoms with Gasteiger partial charge < -0.3 is 15.5 Å². The third-order valence-corrected chi connectivity index (χ3v) is 2.56. The van der Waals surface area contributed by atoms with E-state index in [1.807, 2.05) is 0 Å². The molecule has 1 aromatic carbocycles. The molecule has 20 heavy (non-hydrogen) atoms. The number of pyridine rings is 1. The van der Waals surface area contributed by atoms with E-state index in [1.165, 1.54) is 24.4 Å². The van der Waals surface area contributed by atoms with Crippen LogP contribution in [0.2, 0.25) is 0 Å². The van der Waals surface area contributed by atoms with Crippen molar-refractivity contribution in [2.75, 3.05) is 5.32 Å². The van der Waals surface area contributed by atoms with E-state index in [4.69, 9.17) is 5.11 Å². The number of aliphatic carboxylic acids is 1. The number of aromatic nitrogens is 1. The first-order valence-corrected chi connectivity index (χ1v) is 5.82. The Kier molecular flexibility index (Phi) is 3.95. The first-order valence-electron chi connectivity index (χ1n) is 5.82. The molecule has 0 spiro atoms. The fraction of sp³-hybridized carbons (Fsp3) is 0.0714. The van der Waals surface area contributed by atoms with E-state index in [2.05, 4.69) is 10.3 Å². The van der Waals surface area contributed by atoms with Crippen LogP contribution in [0.1, 0.15) is 16.1 Å². The molecule has 6 heteroatoms. The van der Waals surface area contributed by atoms with Crippen LogP contribution in [0.5, 0.6) is 5.75 Å². The second-order valence-electron chi connectivity index (χ2n) is 4.08. The van der Waals surface area contributed by atoms with Gasteiger partial charge in [-0.05, 0) is 24.3 Å². The third kappa shape index (κ3) is 3.32. The Morgan fingerprint density at radius 2 is 1.90 bits per heavy atom. The van der Waals surface area contributed by atoms with Gasteiger partial charge in [0.25, 0.3) is 5.91 Å². The molecule has 2 aromatic rings. The number of hydrogen-bond donors (Lipinski definition) is 3. The van der Waals surface area contributed by atoms with E-state index >= 15 is 0 Å². The maximum absolute atomic E-state index is 11.9. The van der Waals surface area contributed by atoms with Crippen molar-refractivity contribution in [2.45, 2.75) is 6.42 Å². The van der Waals surface area contributed by atoms with Crippen LogP contribution in [0, 0.1) is 0 Å². The molecule has 0 saturated carbocycles. The summed E-state index contributed by atoms with van der Waals surface area (Å²) in [6.45, 7) is 0. The van der Waals surface area contributed by atoms with Crippen LogP contribution in [0.4, 0.5) is 5.69 Å². The largest absolute Gasteiger partial charge is 0.507 e. The predicted molar refractivity (Wildman–Crippen MR) is 71.6 cm³/mol. The van der Waals surface area contributed by atoms with E-state index in [0.717, 1.165) is 0 Å². The van der Waals surface area contributed by atoms with Gasteiger partial charge in [0.2, 0.25) is 0 Å². The Hall–Kier alpha value is -2.89. The number of carboxylic acid groups (broad SMARTS) is 1. The molecule has 1 aromatic heterocycles. The summed E-state index contributed by atoms with van der Waals surface area (Å²) in [5.41, 5.74) is 0.979. The number of carboxylic acids is 1. The fourth-order valence-corrected chi connectivity index (χ4v) is 1.62. The predicted octanol–water partition coefficient (Wildman–Crippen LogP) is 1.67. The number of nitrogens with one attached hydrogen (secondary N) is 1. The minimum absolute atomic E-state index is 0.111. The summed E-state index contributed by atoms with van der Waals surface area (Å²) >= 11 is 0. The summed E-state index contributed by atoms with van der Waals surface area (Å²) in [4.78, 5) is 26.4.